The molecule has 2 aromatic rings. The molecule has 2 atom stereocenters. The Morgan fingerprint density at radius 3 is 2.23 bits per heavy atom. The van der Waals surface area contributed by atoms with Gasteiger partial charge in [0.05, 0.1) is 0 Å². The zero-order chi connectivity index (χ0) is 19.1. The molecule has 1 aromatic carbocycles. The summed E-state index contributed by atoms with van der Waals surface area (Å²) >= 11 is 0. The standard InChI is InChI=1S/C16H21N3O5S2/c1-10(2)12-8-13(12)18-25(20,21)14-6-4-5-7-15(14)26(22,23)19-16-11(3)9-24-17-16/h4-7,9-10,12-13,18H,8H2,1-3H3,(H,17,19)/t12-,13+/m0/s1. The number of sulfonamides is 2. The van der Waals surface area contributed by atoms with Crippen LogP contribution in [0, 0.1) is 18.8 Å². The van der Waals surface area contributed by atoms with Gasteiger partial charge in [-0.2, -0.15) is 0 Å². The maximum absolute atomic E-state index is 12.8. The van der Waals surface area contributed by atoms with Crippen LogP contribution < -0.4 is 9.44 Å². The first kappa shape index (κ1) is 18.9. The van der Waals surface area contributed by atoms with Crippen LogP contribution in [0.4, 0.5) is 5.82 Å². The fourth-order valence-corrected chi connectivity index (χ4v) is 6.01. The SMILES string of the molecule is Cc1conc1NS(=O)(=O)c1ccccc1S(=O)(=O)N[C@@H]1C[C@H]1C(C)C. The molecule has 0 amide bonds. The van der Waals surface area contributed by atoms with Crippen molar-refractivity contribution in [3.63, 3.8) is 0 Å². The second kappa shape index (κ2) is 6.67. The Hall–Kier alpha value is -1.91. The van der Waals surface area contributed by atoms with E-state index in [1.807, 2.05) is 13.8 Å². The Bertz CT molecular complexity index is 1010. The summed E-state index contributed by atoms with van der Waals surface area (Å²) in [7, 11) is -8.14. The van der Waals surface area contributed by atoms with Crippen LogP contribution in [0.25, 0.3) is 0 Å². The average molecular weight is 399 g/mol. The molecule has 26 heavy (non-hydrogen) atoms. The van der Waals surface area contributed by atoms with Crippen molar-refractivity contribution in [2.24, 2.45) is 11.8 Å². The molecule has 1 aliphatic rings. The molecule has 1 heterocycles. The minimum absolute atomic E-state index is 0.0206. The lowest BCUT2D eigenvalue weighted by atomic mass is 10.1. The van der Waals surface area contributed by atoms with Gasteiger partial charge in [0.2, 0.25) is 10.0 Å². The predicted molar refractivity (Wildman–Crippen MR) is 95.5 cm³/mol. The van der Waals surface area contributed by atoms with E-state index in [0.717, 1.165) is 6.42 Å². The lowest BCUT2D eigenvalue weighted by Crippen LogP contribution is -2.29. The monoisotopic (exact) mass is 399 g/mol. The molecule has 0 saturated heterocycles. The van der Waals surface area contributed by atoms with E-state index in [9.17, 15) is 16.8 Å². The van der Waals surface area contributed by atoms with Gasteiger partial charge in [0, 0.05) is 11.6 Å². The molecule has 0 radical (unpaired) electrons. The van der Waals surface area contributed by atoms with Gasteiger partial charge in [-0.3, -0.25) is 4.72 Å². The maximum Gasteiger partial charge on any atom is 0.264 e. The third kappa shape index (κ3) is 3.76. The minimum Gasteiger partial charge on any atom is -0.362 e. The number of nitrogens with one attached hydrogen (secondary N) is 2. The van der Waals surface area contributed by atoms with E-state index in [1.54, 1.807) is 6.92 Å². The molecule has 1 fully saturated rings. The van der Waals surface area contributed by atoms with Crippen molar-refractivity contribution in [1.82, 2.24) is 9.88 Å². The van der Waals surface area contributed by atoms with Crippen LogP contribution in [0.5, 0.6) is 0 Å². The fraction of sp³-hybridized carbons (Fsp3) is 0.438. The van der Waals surface area contributed by atoms with Gasteiger partial charge >= 0.3 is 0 Å². The molecule has 1 saturated carbocycles. The Labute approximate surface area is 153 Å². The van der Waals surface area contributed by atoms with E-state index >= 15 is 0 Å². The third-order valence-electron chi connectivity index (χ3n) is 4.41. The second-order valence-corrected chi connectivity index (χ2v) is 10.1. The summed E-state index contributed by atoms with van der Waals surface area (Å²) in [5.41, 5.74) is 0.491. The molecule has 8 nitrogen and oxygen atoms in total. The molecule has 2 N–H and O–H groups in total. The topological polar surface area (TPSA) is 118 Å². The molecule has 0 bridgehead atoms. The number of aryl methyl sites for hydroxylation is 1. The molecule has 10 heteroatoms. The third-order valence-corrected chi connectivity index (χ3v) is 7.48. The lowest BCUT2D eigenvalue weighted by Gasteiger charge is -2.13. The molecular weight excluding hydrogens is 378 g/mol. The number of rotatable bonds is 7. The summed E-state index contributed by atoms with van der Waals surface area (Å²) in [6.07, 6.45) is 2.05. The minimum atomic E-state index is -4.16. The fourth-order valence-electron chi connectivity index (χ4n) is 2.81. The van der Waals surface area contributed by atoms with Crippen LogP contribution in [0.15, 0.2) is 44.8 Å². The zero-order valence-electron chi connectivity index (χ0n) is 14.6. The summed E-state index contributed by atoms with van der Waals surface area (Å²) < 4.78 is 60.5. The van der Waals surface area contributed by atoms with E-state index in [4.69, 9.17) is 4.52 Å². The van der Waals surface area contributed by atoms with Crippen LogP contribution in [0.1, 0.15) is 25.8 Å². The Morgan fingerprint density at radius 2 is 1.73 bits per heavy atom. The normalized spacial score (nSPS) is 20.3. The first-order valence-electron chi connectivity index (χ1n) is 8.17. The molecular formula is C16H21N3O5S2. The van der Waals surface area contributed by atoms with E-state index in [0.29, 0.717) is 11.5 Å². The highest BCUT2D eigenvalue weighted by molar-refractivity contribution is 7.94. The highest BCUT2D eigenvalue weighted by Crippen LogP contribution is 2.38. The number of hydrogen-bond donors (Lipinski definition) is 2. The number of nitrogens with zero attached hydrogens (tertiary/aromatic N) is 1. The van der Waals surface area contributed by atoms with Crippen molar-refractivity contribution in [2.75, 3.05) is 4.72 Å². The van der Waals surface area contributed by atoms with Gasteiger partial charge in [-0.1, -0.05) is 31.1 Å². The number of anilines is 1. The van der Waals surface area contributed by atoms with Crippen molar-refractivity contribution >= 4 is 25.9 Å². The van der Waals surface area contributed by atoms with E-state index < -0.39 is 20.0 Å². The van der Waals surface area contributed by atoms with Gasteiger partial charge in [0.1, 0.15) is 16.1 Å². The van der Waals surface area contributed by atoms with Gasteiger partial charge in [-0.05, 0) is 37.3 Å². The number of aromatic nitrogens is 1. The van der Waals surface area contributed by atoms with Crippen LogP contribution in [0.3, 0.4) is 0 Å². The quantitative estimate of drug-likeness (QED) is 0.736. The van der Waals surface area contributed by atoms with Gasteiger partial charge in [-0.15, -0.1) is 0 Å². The summed E-state index contributed by atoms with van der Waals surface area (Å²) in [5, 5.41) is 3.58. The summed E-state index contributed by atoms with van der Waals surface area (Å²) in [5.74, 6) is 0.648. The van der Waals surface area contributed by atoms with Crippen LogP contribution >= 0.6 is 0 Å². The van der Waals surface area contributed by atoms with Crippen LogP contribution in [-0.4, -0.2) is 28.0 Å². The van der Waals surface area contributed by atoms with Gasteiger partial charge in [-0.25, -0.2) is 21.6 Å². The Balaban J connectivity index is 1.92. The number of benzene rings is 1. The van der Waals surface area contributed by atoms with Crippen LogP contribution in [-0.2, 0) is 20.0 Å². The van der Waals surface area contributed by atoms with Gasteiger partial charge < -0.3 is 4.52 Å². The molecule has 3 rings (SSSR count). The first-order chi connectivity index (χ1) is 12.1. The molecule has 0 unspecified atom stereocenters. The maximum atomic E-state index is 12.8. The summed E-state index contributed by atoms with van der Waals surface area (Å²) in [6.45, 7) is 5.68. The molecule has 142 valence electrons. The summed E-state index contributed by atoms with van der Waals surface area (Å²) in [6, 6.07) is 5.32. The summed E-state index contributed by atoms with van der Waals surface area (Å²) in [4.78, 5) is -0.625. The van der Waals surface area contributed by atoms with Crippen molar-refractivity contribution in [1.29, 1.82) is 0 Å². The van der Waals surface area contributed by atoms with E-state index in [1.165, 1.54) is 30.5 Å². The van der Waals surface area contributed by atoms with Crippen molar-refractivity contribution in [3.8, 4) is 0 Å². The molecule has 0 aliphatic heterocycles. The molecule has 1 aliphatic carbocycles. The lowest BCUT2D eigenvalue weighted by molar-refractivity contribution is 0.422. The second-order valence-electron chi connectivity index (χ2n) is 6.77. The first-order valence-corrected chi connectivity index (χ1v) is 11.1. The highest BCUT2D eigenvalue weighted by Gasteiger charge is 2.42. The zero-order valence-corrected chi connectivity index (χ0v) is 16.3. The van der Waals surface area contributed by atoms with Gasteiger partial charge in [0.25, 0.3) is 10.0 Å². The predicted octanol–water partition coefficient (Wildman–Crippen LogP) is 2.11. The Morgan fingerprint density at radius 1 is 1.12 bits per heavy atom. The number of hydrogen-bond acceptors (Lipinski definition) is 6. The van der Waals surface area contributed by atoms with Crippen molar-refractivity contribution in [3.05, 3.63) is 36.1 Å². The average Bonchev–Trinajstić information content (AvgIpc) is 3.21. The molecule has 1 aromatic heterocycles. The van der Waals surface area contributed by atoms with Crippen LogP contribution in [0.2, 0.25) is 0 Å². The van der Waals surface area contributed by atoms with E-state index in [-0.39, 0.29) is 27.6 Å². The Kier molecular flexibility index (Phi) is 4.84. The highest BCUT2D eigenvalue weighted by atomic mass is 32.2. The smallest absolute Gasteiger partial charge is 0.264 e. The van der Waals surface area contributed by atoms with E-state index in [2.05, 4.69) is 14.6 Å². The van der Waals surface area contributed by atoms with Crippen molar-refractivity contribution < 1.29 is 21.4 Å². The van der Waals surface area contributed by atoms with Crippen molar-refractivity contribution in [2.45, 2.75) is 43.0 Å². The molecule has 0 spiro atoms. The van der Waals surface area contributed by atoms with Gasteiger partial charge in [0.15, 0.2) is 5.82 Å². The largest absolute Gasteiger partial charge is 0.362 e.